The molecule has 1 aliphatic rings. The number of amides is 2. The summed E-state index contributed by atoms with van der Waals surface area (Å²) in [6.07, 6.45) is 4.39. The summed E-state index contributed by atoms with van der Waals surface area (Å²) in [6.45, 7) is 6.36. The zero-order valence-electron chi connectivity index (χ0n) is 19.5. The van der Waals surface area contributed by atoms with Gasteiger partial charge in [0.05, 0.1) is 6.04 Å². The van der Waals surface area contributed by atoms with E-state index in [1.54, 1.807) is 4.90 Å². The van der Waals surface area contributed by atoms with Gasteiger partial charge in [0.2, 0.25) is 5.91 Å². The predicted octanol–water partition coefficient (Wildman–Crippen LogP) is 5.12. The Balaban J connectivity index is 1.68. The van der Waals surface area contributed by atoms with Gasteiger partial charge in [-0.3, -0.25) is 9.59 Å². The van der Waals surface area contributed by atoms with Crippen molar-refractivity contribution in [2.24, 2.45) is 7.05 Å². The second-order valence-corrected chi connectivity index (χ2v) is 8.96. The average molecular weight is 432 g/mol. The molecule has 5 nitrogen and oxygen atoms in total. The van der Waals surface area contributed by atoms with Crippen LogP contribution in [0.5, 0.6) is 0 Å². The minimum Gasteiger partial charge on any atom is -0.352 e. The molecule has 0 aliphatic carbocycles. The number of unbranched alkanes of at least 4 members (excludes halogenated alkanes) is 2. The molecule has 4 rings (SSSR count). The SMILES string of the molecule is CCCCC[C@H](C)NC(=O)CN1C(=O)c2ccccc2[C@H]1c1c(C)n(C)c2ccccc12. The van der Waals surface area contributed by atoms with Gasteiger partial charge in [-0.2, -0.15) is 0 Å². The van der Waals surface area contributed by atoms with Gasteiger partial charge in [0.25, 0.3) is 5.91 Å². The predicted molar refractivity (Wildman–Crippen MR) is 129 cm³/mol. The van der Waals surface area contributed by atoms with Crippen LogP contribution < -0.4 is 5.32 Å². The van der Waals surface area contributed by atoms with E-state index in [0.717, 1.165) is 47.0 Å². The van der Waals surface area contributed by atoms with E-state index < -0.39 is 0 Å². The van der Waals surface area contributed by atoms with E-state index >= 15 is 0 Å². The molecule has 168 valence electrons. The Morgan fingerprint density at radius 2 is 1.81 bits per heavy atom. The summed E-state index contributed by atoms with van der Waals surface area (Å²) in [5.41, 5.74) is 5.00. The maximum Gasteiger partial charge on any atom is 0.255 e. The van der Waals surface area contributed by atoms with Gasteiger partial charge in [0, 0.05) is 40.8 Å². The van der Waals surface area contributed by atoms with Crippen LogP contribution in [-0.2, 0) is 11.8 Å². The summed E-state index contributed by atoms with van der Waals surface area (Å²) in [5.74, 6) is -0.176. The lowest BCUT2D eigenvalue weighted by atomic mass is 9.95. The van der Waals surface area contributed by atoms with Crippen molar-refractivity contribution in [3.63, 3.8) is 0 Å². The molecule has 1 aromatic heterocycles. The van der Waals surface area contributed by atoms with Crippen LogP contribution in [0.4, 0.5) is 0 Å². The average Bonchev–Trinajstić information content (AvgIpc) is 3.19. The Morgan fingerprint density at radius 1 is 1.09 bits per heavy atom. The van der Waals surface area contributed by atoms with E-state index in [1.165, 1.54) is 6.42 Å². The number of carbonyl (C=O) groups is 2. The molecular formula is C27H33N3O2. The largest absolute Gasteiger partial charge is 0.352 e. The zero-order chi connectivity index (χ0) is 22.8. The summed E-state index contributed by atoms with van der Waals surface area (Å²) in [7, 11) is 2.05. The molecule has 0 saturated heterocycles. The van der Waals surface area contributed by atoms with Crippen molar-refractivity contribution in [3.05, 3.63) is 70.9 Å². The van der Waals surface area contributed by atoms with Gasteiger partial charge in [-0.15, -0.1) is 0 Å². The van der Waals surface area contributed by atoms with E-state index in [0.29, 0.717) is 5.56 Å². The van der Waals surface area contributed by atoms with Crippen molar-refractivity contribution >= 4 is 22.7 Å². The van der Waals surface area contributed by atoms with Crippen LogP contribution in [0.2, 0.25) is 0 Å². The van der Waals surface area contributed by atoms with E-state index in [2.05, 4.69) is 42.9 Å². The molecular weight excluding hydrogens is 398 g/mol. The number of nitrogens with zero attached hydrogens (tertiary/aromatic N) is 2. The number of para-hydroxylation sites is 1. The molecule has 2 amide bonds. The molecule has 2 atom stereocenters. The maximum atomic E-state index is 13.4. The topological polar surface area (TPSA) is 54.3 Å². The van der Waals surface area contributed by atoms with Gasteiger partial charge in [-0.05, 0) is 38.0 Å². The Labute approximate surface area is 190 Å². The van der Waals surface area contributed by atoms with Crippen LogP contribution in [0.25, 0.3) is 10.9 Å². The molecule has 0 spiro atoms. The second kappa shape index (κ2) is 9.19. The molecule has 1 aliphatic heterocycles. The minimum atomic E-state index is -0.272. The van der Waals surface area contributed by atoms with Gasteiger partial charge in [-0.25, -0.2) is 0 Å². The number of benzene rings is 2. The van der Waals surface area contributed by atoms with E-state index in [-0.39, 0.29) is 30.4 Å². The summed E-state index contributed by atoms with van der Waals surface area (Å²) < 4.78 is 2.17. The van der Waals surface area contributed by atoms with Gasteiger partial charge in [0.15, 0.2) is 0 Å². The lowest BCUT2D eigenvalue weighted by molar-refractivity contribution is -0.122. The summed E-state index contributed by atoms with van der Waals surface area (Å²) in [5, 5.41) is 4.23. The van der Waals surface area contributed by atoms with Gasteiger partial charge in [0.1, 0.15) is 6.54 Å². The highest BCUT2D eigenvalue weighted by atomic mass is 16.2. The number of hydrogen-bond donors (Lipinski definition) is 1. The number of hydrogen-bond acceptors (Lipinski definition) is 2. The van der Waals surface area contributed by atoms with Gasteiger partial charge >= 0.3 is 0 Å². The first-order chi connectivity index (χ1) is 15.4. The summed E-state index contributed by atoms with van der Waals surface area (Å²) in [6, 6.07) is 15.9. The fraction of sp³-hybridized carbons (Fsp3) is 0.407. The highest BCUT2D eigenvalue weighted by Gasteiger charge is 2.40. The molecule has 1 N–H and O–H groups in total. The number of aryl methyl sites for hydroxylation is 1. The molecule has 0 saturated carbocycles. The van der Waals surface area contributed by atoms with Gasteiger partial charge < -0.3 is 14.8 Å². The fourth-order valence-electron chi connectivity index (χ4n) is 4.99. The molecule has 5 heteroatoms. The maximum absolute atomic E-state index is 13.4. The number of aromatic nitrogens is 1. The smallest absolute Gasteiger partial charge is 0.255 e. The fourth-order valence-corrected chi connectivity index (χ4v) is 4.99. The molecule has 32 heavy (non-hydrogen) atoms. The van der Waals surface area contributed by atoms with E-state index in [1.807, 2.05) is 43.3 Å². The molecule has 3 aromatic rings. The third-order valence-corrected chi connectivity index (χ3v) is 6.74. The monoisotopic (exact) mass is 431 g/mol. The first-order valence-corrected chi connectivity index (χ1v) is 11.7. The lowest BCUT2D eigenvalue weighted by Crippen LogP contribution is -2.42. The Morgan fingerprint density at radius 3 is 2.59 bits per heavy atom. The summed E-state index contributed by atoms with van der Waals surface area (Å²) >= 11 is 0. The van der Waals surface area contributed by atoms with Crippen LogP contribution in [0.3, 0.4) is 0 Å². The highest BCUT2D eigenvalue weighted by Crippen LogP contribution is 2.43. The second-order valence-electron chi connectivity index (χ2n) is 8.96. The zero-order valence-corrected chi connectivity index (χ0v) is 19.5. The number of fused-ring (bicyclic) bond motifs is 2. The Bertz CT molecular complexity index is 1150. The van der Waals surface area contributed by atoms with Gasteiger partial charge in [-0.1, -0.05) is 62.6 Å². The highest BCUT2D eigenvalue weighted by molar-refractivity contribution is 6.02. The van der Waals surface area contributed by atoms with Crippen molar-refractivity contribution in [3.8, 4) is 0 Å². The molecule has 2 heterocycles. The van der Waals surface area contributed by atoms with Crippen molar-refractivity contribution in [1.82, 2.24) is 14.8 Å². The molecule has 0 radical (unpaired) electrons. The number of rotatable bonds is 8. The third-order valence-electron chi connectivity index (χ3n) is 6.74. The normalized spacial score (nSPS) is 16.4. The number of nitrogens with one attached hydrogen (secondary N) is 1. The van der Waals surface area contributed by atoms with Crippen molar-refractivity contribution in [1.29, 1.82) is 0 Å². The molecule has 0 unspecified atom stereocenters. The van der Waals surface area contributed by atoms with Crippen LogP contribution in [0.15, 0.2) is 48.5 Å². The van der Waals surface area contributed by atoms with Crippen molar-refractivity contribution < 1.29 is 9.59 Å². The first kappa shape index (κ1) is 22.1. The standard InChI is InChI=1S/C27H33N3O2/c1-5-6-7-12-18(2)28-24(31)17-30-26(20-13-8-9-14-21(20)27(30)32)25-19(3)29(4)23-16-11-10-15-22(23)25/h8-11,13-16,18,26H,5-7,12,17H2,1-4H3,(H,28,31)/t18-,26-/m0/s1. The third kappa shape index (κ3) is 3.92. The first-order valence-electron chi connectivity index (χ1n) is 11.7. The van der Waals surface area contributed by atoms with Crippen LogP contribution in [0.1, 0.15) is 72.8 Å². The van der Waals surface area contributed by atoms with Crippen molar-refractivity contribution in [2.45, 2.75) is 58.5 Å². The van der Waals surface area contributed by atoms with E-state index in [9.17, 15) is 9.59 Å². The van der Waals surface area contributed by atoms with Crippen LogP contribution in [0, 0.1) is 6.92 Å². The van der Waals surface area contributed by atoms with Crippen LogP contribution in [-0.4, -0.2) is 33.9 Å². The number of carbonyl (C=O) groups excluding carboxylic acids is 2. The minimum absolute atomic E-state index is 0.0545. The van der Waals surface area contributed by atoms with E-state index in [4.69, 9.17) is 0 Å². The Kier molecular flexibility index (Phi) is 6.35. The molecule has 0 bridgehead atoms. The molecule has 0 fully saturated rings. The summed E-state index contributed by atoms with van der Waals surface area (Å²) in [4.78, 5) is 28.1. The quantitative estimate of drug-likeness (QED) is 0.504. The molecule has 2 aromatic carbocycles. The lowest BCUT2D eigenvalue weighted by Gasteiger charge is -2.26. The van der Waals surface area contributed by atoms with Crippen LogP contribution >= 0.6 is 0 Å². The van der Waals surface area contributed by atoms with Crippen molar-refractivity contribution in [2.75, 3.05) is 6.54 Å². The Hall–Kier alpha value is -3.08.